The molecule has 1 heterocycles. The maximum Gasteiger partial charge on any atom is 0.0149 e. The number of hydrogen-bond acceptors (Lipinski definition) is 1. The standard InChI is InChI=1S/C14H27N/c1-13(2,3)11-14-8-5-7-12(14)15(4)10-6-9-14/h12H,5-11H2,1-4H3. The van der Waals surface area contributed by atoms with E-state index in [4.69, 9.17) is 0 Å². The highest BCUT2D eigenvalue weighted by atomic mass is 15.2. The van der Waals surface area contributed by atoms with Gasteiger partial charge in [0.2, 0.25) is 0 Å². The van der Waals surface area contributed by atoms with E-state index in [0.717, 1.165) is 6.04 Å². The van der Waals surface area contributed by atoms with Crippen LogP contribution in [0.2, 0.25) is 0 Å². The first-order valence-electron chi connectivity index (χ1n) is 6.63. The first-order valence-corrected chi connectivity index (χ1v) is 6.63. The molecule has 2 rings (SSSR count). The van der Waals surface area contributed by atoms with Gasteiger partial charge in [0.15, 0.2) is 0 Å². The fraction of sp³-hybridized carbons (Fsp3) is 1.00. The van der Waals surface area contributed by atoms with E-state index in [9.17, 15) is 0 Å². The van der Waals surface area contributed by atoms with Crippen molar-refractivity contribution < 1.29 is 0 Å². The fourth-order valence-corrected chi connectivity index (χ4v) is 4.29. The molecule has 0 amide bonds. The van der Waals surface area contributed by atoms with Crippen LogP contribution in [0.15, 0.2) is 0 Å². The topological polar surface area (TPSA) is 3.24 Å². The maximum atomic E-state index is 2.64. The summed E-state index contributed by atoms with van der Waals surface area (Å²) in [6.07, 6.45) is 8.73. The third-order valence-electron chi connectivity index (χ3n) is 4.46. The second-order valence-corrected chi connectivity index (χ2v) is 7.09. The lowest BCUT2D eigenvalue weighted by atomic mass is 9.66. The maximum absolute atomic E-state index is 2.64. The molecule has 0 bridgehead atoms. The van der Waals surface area contributed by atoms with Gasteiger partial charge in [-0.25, -0.2) is 0 Å². The molecular formula is C14H27N. The number of likely N-dealkylation sites (tertiary alicyclic amines) is 1. The summed E-state index contributed by atoms with van der Waals surface area (Å²) in [5, 5.41) is 0. The Kier molecular flexibility index (Phi) is 2.87. The first-order chi connectivity index (χ1) is 6.93. The predicted molar refractivity (Wildman–Crippen MR) is 66.0 cm³/mol. The van der Waals surface area contributed by atoms with Crippen molar-refractivity contribution in [1.82, 2.24) is 4.90 Å². The molecule has 2 atom stereocenters. The monoisotopic (exact) mass is 209 g/mol. The molecule has 88 valence electrons. The van der Waals surface area contributed by atoms with Crippen molar-refractivity contribution >= 4 is 0 Å². The van der Waals surface area contributed by atoms with Crippen LogP contribution in [-0.2, 0) is 0 Å². The van der Waals surface area contributed by atoms with E-state index in [2.05, 4.69) is 32.7 Å². The largest absolute Gasteiger partial charge is 0.303 e. The highest BCUT2D eigenvalue weighted by molar-refractivity contribution is 5.01. The SMILES string of the molecule is CN1CCCC2(CC(C)(C)C)CCCC12. The molecule has 0 N–H and O–H groups in total. The van der Waals surface area contributed by atoms with Gasteiger partial charge in [0.1, 0.15) is 0 Å². The van der Waals surface area contributed by atoms with Crippen LogP contribution < -0.4 is 0 Å². The van der Waals surface area contributed by atoms with Gasteiger partial charge in [-0.3, -0.25) is 0 Å². The number of fused-ring (bicyclic) bond motifs is 1. The van der Waals surface area contributed by atoms with Crippen molar-refractivity contribution in [3.8, 4) is 0 Å². The van der Waals surface area contributed by atoms with Crippen molar-refractivity contribution in [1.29, 1.82) is 0 Å². The van der Waals surface area contributed by atoms with Crippen LogP contribution in [0.3, 0.4) is 0 Å². The van der Waals surface area contributed by atoms with E-state index in [1.807, 2.05) is 0 Å². The normalized spacial score (nSPS) is 38.0. The molecule has 1 aliphatic heterocycles. The van der Waals surface area contributed by atoms with Gasteiger partial charge < -0.3 is 4.90 Å². The zero-order chi connectivity index (χ0) is 11.1. The number of rotatable bonds is 1. The molecule has 1 saturated heterocycles. The predicted octanol–water partition coefficient (Wildman–Crippen LogP) is 3.69. The van der Waals surface area contributed by atoms with Crippen molar-refractivity contribution in [2.75, 3.05) is 13.6 Å². The van der Waals surface area contributed by atoms with Crippen molar-refractivity contribution in [3.63, 3.8) is 0 Å². The van der Waals surface area contributed by atoms with Crippen LogP contribution in [0.1, 0.15) is 59.3 Å². The van der Waals surface area contributed by atoms with E-state index in [-0.39, 0.29) is 0 Å². The quantitative estimate of drug-likeness (QED) is 0.636. The molecular weight excluding hydrogens is 182 g/mol. The zero-order valence-electron chi connectivity index (χ0n) is 11.0. The molecule has 0 aromatic heterocycles. The van der Waals surface area contributed by atoms with Crippen LogP contribution in [0.4, 0.5) is 0 Å². The Morgan fingerprint density at radius 3 is 2.53 bits per heavy atom. The summed E-state index contributed by atoms with van der Waals surface area (Å²) in [6.45, 7) is 8.56. The Hall–Kier alpha value is -0.0400. The average Bonchev–Trinajstić information content (AvgIpc) is 2.45. The lowest BCUT2D eigenvalue weighted by Gasteiger charge is -2.48. The summed E-state index contributed by atoms with van der Waals surface area (Å²) in [5.74, 6) is 0. The Morgan fingerprint density at radius 2 is 1.87 bits per heavy atom. The van der Waals surface area contributed by atoms with Crippen molar-refractivity contribution in [2.45, 2.75) is 65.3 Å². The molecule has 2 fully saturated rings. The van der Waals surface area contributed by atoms with Gasteiger partial charge in [-0.15, -0.1) is 0 Å². The molecule has 0 aromatic rings. The third-order valence-corrected chi connectivity index (χ3v) is 4.46. The molecule has 0 radical (unpaired) electrons. The zero-order valence-corrected chi connectivity index (χ0v) is 11.0. The second-order valence-electron chi connectivity index (χ2n) is 7.09. The van der Waals surface area contributed by atoms with Gasteiger partial charge in [-0.05, 0) is 56.5 Å². The Balaban J connectivity index is 2.16. The minimum atomic E-state index is 0.501. The molecule has 1 saturated carbocycles. The van der Waals surface area contributed by atoms with E-state index in [1.165, 1.54) is 45.1 Å². The smallest absolute Gasteiger partial charge is 0.0149 e. The highest BCUT2D eigenvalue weighted by Crippen LogP contribution is 2.52. The summed E-state index contributed by atoms with van der Waals surface area (Å²) in [5.41, 5.74) is 1.17. The van der Waals surface area contributed by atoms with Crippen LogP contribution in [0.5, 0.6) is 0 Å². The van der Waals surface area contributed by atoms with Crippen molar-refractivity contribution in [2.24, 2.45) is 10.8 Å². The first kappa shape index (κ1) is 11.4. The van der Waals surface area contributed by atoms with E-state index < -0.39 is 0 Å². The Bertz CT molecular complexity index is 228. The number of hydrogen-bond donors (Lipinski definition) is 0. The van der Waals surface area contributed by atoms with Gasteiger partial charge in [-0.2, -0.15) is 0 Å². The van der Waals surface area contributed by atoms with Gasteiger partial charge in [0, 0.05) is 6.04 Å². The van der Waals surface area contributed by atoms with Gasteiger partial charge in [0.25, 0.3) is 0 Å². The minimum absolute atomic E-state index is 0.501. The molecule has 0 aromatic carbocycles. The summed E-state index contributed by atoms with van der Waals surface area (Å²) in [4.78, 5) is 2.64. The van der Waals surface area contributed by atoms with Crippen LogP contribution in [0.25, 0.3) is 0 Å². The molecule has 2 unspecified atom stereocenters. The van der Waals surface area contributed by atoms with E-state index in [1.54, 1.807) is 0 Å². The Morgan fingerprint density at radius 1 is 1.20 bits per heavy atom. The highest BCUT2D eigenvalue weighted by Gasteiger charge is 2.47. The summed E-state index contributed by atoms with van der Waals surface area (Å²) in [7, 11) is 2.34. The average molecular weight is 209 g/mol. The van der Waals surface area contributed by atoms with Crippen LogP contribution >= 0.6 is 0 Å². The second kappa shape index (κ2) is 3.76. The molecule has 1 heteroatoms. The summed E-state index contributed by atoms with van der Waals surface area (Å²) >= 11 is 0. The molecule has 2 aliphatic rings. The minimum Gasteiger partial charge on any atom is -0.303 e. The molecule has 15 heavy (non-hydrogen) atoms. The van der Waals surface area contributed by atoms with E-state index in [0.29, 0.717) is 10.8 Å². The van der Waals surface area contributed by atoms with Crippen LogP contribution in [-0.4, -0.2) is 24.5 Å². The molecule has 1 nitrogen and oxygen atoms in total. The lowest BCUT2D eigenvalue weighted by Crippen LogP contribution is -2.48. The Labute approximate surface area is 95.2 Å². The van der Waals surface area contributed by atoms with Crippen molar-refractivity contribution in [3.05, 3.63) is 0 Å². The van der Waals surface area contributed by atoms with Gasteiger partial charge >= 0.3 is 0 Å². The van der Waals surface area contributed by atoms with Gasteiger partial charge in [0.05, 0.1) is 0 Å². The molecule has 1 aliphatic carbocycles. The molecule has 0 spiro atoms. The number of piperidine rings is 1. The summed E-state index contributed by atoms with van der Waals surface area (Å²) in [6, 6.07) is 0.894. The lowest BCUT2D eigenvalue weighted by molar-refractivity contribution is 0.0223. The number of nitrogens with zero attached hydrogens (tertiary/aromatic N) is 1. The van der Waals surface area contributed by atoms with E-state index >= 15 is 0 Å². The third kappa shape index (κ3) is 2.22. The van der Waals surface area contributed by atoms with Gasteiger partial charge in [-0.1, -0.05) is 27.2 Å². The van der Waals surface area contributed by atoms with Crippen LogP contribution in [0, 0.1) is 10.8 Å². The fourth-order valence-electron chi connectivity index (χ4n) is 4.29. The summed E-state index contributed by atoms with van der Waals surface area (Å²) < 4.78 is 0.